The summed E-state index contributed by atoms with van der Waals surface area (Å²) in [4.78, 5) is 7.75. The molecule has 1 heterocycles. The molecule has 0 aliphatic rings. The van der Waals surface area contributed by atoms with E-state index in [0.29, 0.717) is 5.56 Å². The first-order chi connectivity index (χ1) is 7.58. The second-order valence-corrected chi connectivity index (χ2v) is 3.34. The lowest BCUT2D eigenvalue weighted by molar-refractivity contribution is 0.608. The van der Waals surface area contributed by atoms with Crippen molar-refractivity contribution in [2.45, 2.75) is 6.92 Å². The van der Waals surface area contributed by atoms with Crippen molar-refractivity contribution in [3.63, 3.8) is 0 Å². The Hall–Kier alpha value is -2.04. The highest BCUT2D eigenvalue weighted by molar-refractivity contribution is 5.57. The van der Waals surface area contributed by atoms with Gasteiger partial charge in [0.1, 0.15) is 5.82 Å². The van der Waals surface area contributed by atoms with Crippen LogP contribution in [0.4, 0.5) is 14.6 Å². The normalized spacial score (nSPS) is 10.4. The summed E-state index contributed by atoms with van der Waals surface area (Å²) in [6, 6.07) is 5.60. The van der Waals surface area contributed by atoms with Gasteiger partial charge in [-0.15, -0.1) is 0 Å². The first-order valence-electron chi connectivity index (χ1n) is 4.63. The lowest BCUT2D eigenvalue weighted by Gasteiger charge is -2.04. The fourth-order valence-corrected chi connectivity index (χ4v) is 1.31. The summed E-state index contributed by atoms with van der Waals surface area (Å²) >= 11 is 0. The molecule has 1 aromatic carbocycles. The van der Waals surface area contributed by atoms with Crippen molar-refractivity contribution in [1.29, 1.82) is 0 Å². The molecule has 0 spiro atoms. The van der Waals surface area contributed by atoms with Crippen molar-refractivity contribution in [2.24, 2.45) is 0 Å². The molecule has 0 aliphatic heterocycles. The van der Waals surface area contributed by atoms with Gasteiger partial charge in [-0.25, -0.2) is 18.7 Å². The van der Waals surface area contributed by atoms with E-state index in [0.717, 1.165) is 0 Å². The Balaban J connectivity index is 2.52. The minimum atomic E-state index is -0.620. The van der Waals surface area contributed by atoms with E-state index in [1.165, 1.54) is 31.2 Å². The smallest absolute Gasteiger partial charge is 0.186 e. The van der Waals surface area contributed by atoms with Crippen molar-refractivity contribution >= 4 is 5.82 Å². The second kappa shape index (κ2) is 3.84. The Morgan fingerprint density at radius 2 is 1.69 bits per heavy atom. The van der Waals surface area contributed by atoms with Crippen LogP contribution in [-0.2, 0) is 0 Å². The Labute approximate surface area is 91.0 Å². The van der Waals surface area contributed by atoms with Crippen LogP contribution in [0.5, 0.6) is 0 Å². The topological polar surface area (TPSA) is 51.8 Å². The minimum absolute atomic E-state index is 0.173. The summed E-state index contributed by atoms with van der Waals surface area (Å²) in [5, 5.41) is 0. The third-order valence-electron chi connectivity index (χ3n) is 2.14. The van der Waals surface area contributed by atoms with Crippen LogP contribution in [0.15, 0.2) is 24.3 Å². The Morgan fingerprint density at radius 1 is 1.06 bits per heavy atom. The van der Waals surface area contributed by atoms with Crippen LogP contribution in [0.3, 0.4) is 0 Å². The molecule has 82 valence electrons. The molecule has 0 saturated carbocycles. The van der Waals surface area contributed by atoms with Gasteiger partial charge < -0.3 is 5.73 Å². The zero-order valence-electron chi connectivity index (χ0n) is 8.54. The van der Waals surface area contributed by atoms with Gasteiger partial charge in [0.15, 0.2) is 17.5 Å². The molecule has 5 heteroatoms. The second-order valence-electron chi connectivity index (χ2n) is 3.34. The van der Waals surface area contributed by atoms with Gasteiger partial charge in [-0.05, 0) is 31.2 Å². The van der Waals surface area contributed by atoms with E-state index < -0.39 is 5.82 Å². The lowest BCUT2D eigenvalue weighted by atomic mass is 10.2. The molecule has 0 fully saturated rings. The average molecular weight is 221 g/mol. The number of hydrogen-bond donors (Lipinski definition) is 1. The highest BCUT2D eigenvalue weighted by Gasteiger charge is 2.09. The monoisotopic (exact) mass is 221 g/mol. The number of halogens is 2. The number of nitrogens with zero attached hydrogens (tertiary/aromatic N) is 2. The van der Waals surface area contributed by atoms with Crippen molar-refractivity contribution in [3.8, 4) is 11.4 Å². The van der Waals surface area contributed by atoms with Crippen LogP contribution in [0, 0.1) is 18.6 Å². The van der Waals surface area contributed by atoms with Crippen molar-refractivity contribution < 1.29 is 8.78 Å². The number of hydrogen-bond acceptors (Lipinski definition) is 3. The molecule has 16 heavy (non-hydrogen) atoms. The molecular weight excluding hydrogens is 212 g/mol. The molecule has 0 amide bonds. The molecular formula is C11H9F2N3. The number of nitrogen functional groups attached to an aromatic ring is 1. The molecule has 0 unspecified atom stereocenters. The Morgan fingerprint density at radius 3 is 2.25 bits per heavy atom. The third-order valence-corrected chi connectivity index (χ3v) is 2.14. The maximum Gasteiger partial charge on any atom is 0.186 e. The van der Waals surface area contributed by atoms with Crippen LogP contribution in [0.2, 0.25) is 0 Å². The predicted octanol–water partition coefficient (Wildman–Crippen LogP) is 2.31. The van der Waals surface area contributed by atoms with E-state index in [4.69, 9.17) is 5.73 Å². The van der Waals surface area contributed by atoms with Gasteiger partial charge in [0, 0.05) is 5.56 Å². The molecule has 0 bridgehead atoms. The van der Waals surface area contributed by atoms with Crippen molar-refractivity contribution in [2.75, 3.05) is 5.73 Å². The van der Waals surface area contributed by atoms with E-state index in [-0.39, 0.29) is 23.2 Å². The number of anilines is 1. The molecule has 1 aromatic heterocycles. The summed E-state index contributed by atoms with van der Waals surface area (Å²) < 4.78 is 25.9. The molecule has 2 rings (SSSR count). The molecule has 0 atom stereocenters. The third kappa shape index (κ3) is 1.84. The van der Waals surface area contributed by atoms with E-state index in [1.807, 2.05) is 0 Å². The van der Waals surface area contributed by atoms with E-state index >= 15 is 0 Å². The lowest BCUT2D eigenvalue weighted by Crippen LogP contribution is -2.02. The van der Waals surface area contributed by atoms with Crippen LogP contribution >= 0.6 is 0 Å². The van der Waals surface area contributed by atoms with Crippen LogP contribution in [-0.4, -0.2) is 9.97 Å². The molecule has 2 N–H and O–H groups in total. The predicted molar refractivity (Wildman–Crippen MR) is 56.5 cm³/mol. The number of aryl methyl sites for hydroxylation is 1. The highest BCUT2D eigenvalue weighted by Crippen LogP contribution is 2.19. The standard InChI is InChI=1S/C11H9F2N3/c1-6-9(13)10(14)16-11(15-6)7-2-4-8(12)5-3-7/h2-5H,1H3,(H2,14,15,16). The Bertz CT molecular complexity index is 500. The summed E-state index contributed by atoms with van der Waals surface area (Å²) in [7, 11) is 0. The first-order valence-corrected chi connectivity index (χ1v) is 4.63. The summed E-state index contributed by atoms with van der Waals surface area (Å²) in [6.07, 6.45) is 0. The van der Waals surface area contributed by atoms with E-state index in [1.54, 1.807) is 0 Å². The number of benzene rings is 1. The van der Waals surface area contributed by atoms with Crippen molar-refractivity contribution in [1.82, 2.24) is 9.97 Å². The van der Waals surface area contributed by atoms with Crippen LogP contribution in [0.1, 0.15) is 5.69 Å². The average Bonchev–Trinajstić information content (AvgIpc) is 2.26. The van der Waals surface area contributed by atoms with E-state index in [2.05, 4.69) is 9.97 Å². The molecule has 0 radical (unpaired) electrons. The maximum absolute atomic E-state index is 13.2. The van der Waals surface area contributed by atoms with Crippen LogP contribution in [0.25, 0.3) is 11.4 Å². The maximum atomic E-state index is 13.2. The molecule has 0 aliphatic carbocycles. The van der Waals surface area contributed by atoms with Gasteiger partial charge in [0.25, 0.3) is 0 Å². The number of rotatable bonds is 1. The number of nitrogens with two attached hydrogens (primary N) is 1. The molecule has 3 nitrogen and oxygen atoms in total. The zero-order valence-corrected chi connectivity index (χ0v) is 8.54. The van der Waals surface area contributed by atoms with Crippen LogP contribution < -0.4 is 5.73 Å². The van der Waals surface area contributed by atoms with Gasteiger partial charge in [-0.2, -0.15) is 0 Å². The fraction of sp³-hybridized carbons (Fsp3) is 0.0909. The zero-order chi connectivity index (χ0) is 11.7. The van der Waals surface area contributed by atoms with Gasteiger partial charge in [-0.1, -0.05) is 0 Å². The summed E-state index contributed by atoms with van der Waals surface area (Å²) in [5.41, 5.74) is 6.16. The minimum Gasteiger partial charge on any atom is -0.381 e. The largest absolute Gasteiger partial charge is 0.381 e. The quantitative estimate of drug-likeness (QED) is 0.803. The Kier molecular flexibility index (Phi) is 2.52. The fourth-order valence-electron chi connectivity index (χ4n) is 1.31. The van der Waals surface area contributed by atoms with Gasteiger partial charge in [0.05, 0.1) is 5.69 Å². The SMILES string of the molecule is Cc1nc(-c2ccc(F)cc2)nc(N)c1F. The van der Waals surface area contributed by atoms with Gasteiger partial charge in [-0.3, -0.25) is 0 Å². The van der Waals surface area contributed by atoms with Gasteiger partial charge in [0.2, 0.25) is 0 Å². The first kappa shape index (κ1) is 10.5. The summed E-state index contributed by atoms with van der Waals surface area (Å²) in [5.74, 6) is -0.885. The van der Waals surface area contributed by atoms with Crippen molar-refractivity contribution in [3.05, 3.63) is 41.6 Å². The molecule has 2 aromatic rings. The van der Waals surface area contributed by atoms with Gasteiger partial charge >= 0.3 is 0 Å². The number of aromatic nitrogens is 2. The molecule has 0 saturated heterocycles. The summed E-state index contributed by atoms with van der Waals surface area (Å²) in [6.45, 7) is 1.50. The van der Waals surface area contributed by atoms with E-state index in [9.17, 15) is 8.78 Å². The highest BCUT2D eigenvalue weighted by atomic mass is 19.1.